The molecule has 2 aromatic rings. The lowest BCUT2D eigenvalue weighted by Gasteiger charge is -2.03. The van der Waals surface area contributed by atoms with Gasteiger partial charge in [-0.05, 0) is 54.1 Å². The third kappa shape index (κ3) is 1.99. The lowest BCUT2D eigenvalue weighted by atomic mass is 10.0. The summed E-state index contributed by atoms with van der Waals surface area (Å²) in [5, 5.41) is 11.0. The predicted molar refractivity (Wildman–Crippen MR) is 66.2 cm³/mol. The van der Waals surface area contributed by atoms with Gasteiger partial charge in [-0.3, -0.25) is 0 Å². The van der Waals surface area contributed by atoms with Crippen LogP contribution < -0.4 is 0 Å². The Morgan fingerprint density at radius 2 is 2.00 bits per heavy atom. The van der Waals surface area contributed by atoms with Crippen LogP contribution in [0.1, 0.15) is 21.5 Å². The lowest BCUT2D eigenvalue weighted by molar-refractivity contribution is 0.0696. The van der Waals surface area contributed by atoms with Gasteiger partial charge < -0.3 is 5.11 Å². The number of thiophene rings is 1. The van der Waals surface area contributed by atoms with E-state index in [1.54, 1.807) is 17.4 Å². The Hall–Kier alpha value is -1.61. The van der Waals surface area contributed by atoms with Crippen molar-refractivity contribution in [3.63, 3.8) is 0 Å². The van der Waals surface area contributed by atoms with Crippen molar-refractivity contribution in [2.75, 3.05) is 0 Å². The molecule has 0 unspecified atom stereocenters. The van der Waals surface area contributed by atoms with Crippen LogP contribution in [0.25, 0.3) is 10.4 Å². The summed E-state index contributed by atoms with van der Waals surface area (Å²) in [7, 11) is 0. The average molecular weight is 232 g/mol. The van der Waals surface area contributed by atoms with Crippen molar-refractivity contribution in [3.05, 3.63) is 46.3 Å². The molecule has 0 fully saturated rings. The Kier molecular flexibility index (Phi) is 2.79. The Bertz CT molecular complexity index is 541. The van der Waals surface area contributed by atoms with Gasteiger partial charge in [0.05, 0.1) is 5.56 Å². The molecule has 0 amide bonds. The van der Waals surface area contributed by atoms with Gasteiger partial charge in [0, 0.05) is 4.88 Å². The molecule has 0 aliphatic rings. The van der Waals surface area contributed by atoms with Gasteiger partial charge in [0.2, 0.25) is 0 Å². The molecule has 1 aromatic heterocycles. The van der Waals surface area contributed by atoms with E-state index in [0.717, 1.165) is 11.1 Å². The molecule has 16 heavy (non-hydrogen) atoms. The fraction of sp³-hybridized carbons (Fsp3) is 0.154. The van der Waals surface area contributed by atoms with E-state index in [0.29, 0.717) is 5.56 Å². The Morgan fingerprint density at radius 1 is 1.25 bits per heavy atom. The molecule has 1 N–H and O–H groups in total. The van der Waals surface area contributed by atoms with Crippen molar-refractivity contribution in [1.29, 1.82) is 0 Å². The second kappa shape index (κ2) is 4.10. The number of aromatic carboxylic acids is 1. The van der Waals surface area contributed by atoms with Crippen LogP contribution in [-0.4, -0.2) is 11.1 Å². The minimum atomic E-state index is -0.869. The van der Waals surface area contributed by atoms with E-state index in [1.165, 1.54) is 10.4 Å². The van der Waals surface area contributed by atoms with Crippen molar-refractivity contribution in [3.8, 4) is 10.4 Å². The number of aryl methyl sites for hydroxylation is 2. The standard InChI is InChI=1S/C13H12O2S/c1-8-5-12(16-7-8)10-3-4-11(13(14)15)9(2)6-10/h3-7H,1-2H3,(H,14,15). The monoisotopic (exact) mass is 232 g/mol. The van der Waals surface area contributed by atoms with Crippen molar-refractivity contribution in [2.45, 2.75) is 13.8 Å². The molecule has 0 spiro atoms. The van der Waals surface area contributed by atoms with Crippen molar-refractivity contribution in [1.82, 2.24) is 0 Å². The number of carbonyl (C=O) groups is 1. The smallest absolute Gasteiger partial charge is 0.335 e. The van der Waals surface area contributed by atoms with Crippen LogP contribution in [0.15, 0.2) is 29.6 Å². The maximum atomic E-state index is 10.9. The van der Waals surface area contributed by atoms with Crippen LogP contribution in [0.2, 0.25) is 0 Å². The second-order valence-corrected chi connectivity index (χ2v) is 4.73. The van der Waals surface area contributed by atoms with E-state index < -0.39 is 5.97 Å². The molecule has 2 rings (SSSR count). The Labute approximate surface area is 98.2 Å². The van der Waals surface area contributed by atoms with Gasteiger partial charge in [-0.15, -0.1) is 11.3 Å². The maximum absolute atomic E-state index is 10.9. The first-order valence-corrected chi connectivity index (χ1v) is 5.85. The minimum absolute atomic E-state index is 0.372. The summed E-state index contributed by atoms with van der Waals surface area (Å²) in [5.41, 5.74) is 3.49. The highest BCUT2D eigenvalue weighted by Crippen LogP contribution is 2.28. The highest BCUT2D eigenvalue weighted by molar-refractivity contribution is 7.13. The first-order valence-electron chi connectivity index (χ1n) is 4.97. The molecule has 0 saturated carbocycles. The molecule has 0 bridgehead atoms. The van der Waals surface area contributed by atoms with Crippen LogP contribution in [0, 0.1) is 13.8 Å². The maximum Gasteiger partial charge on any atom is 0.335 e. The zero-order valence-electron chi connectivity index (χ0n) is 9.15. The van der Waals surface area contributed by atoms with E-state index >= 15 is 0 Å². The van der Waals surface area contributed by atoms with E-state index in [2.05, 4.69) is 18.4 Å². The normalized spacial score (nSPS) is 10.4. The molecule has 1 heterocycles. The number of benzene rings is 1. The molecule has 0 aliphatic heterocycles. The van der Waals surface area contributed by atoms with Crippen LogP contribution in [-0.2, 0) is 0 Å². The van der Waals surface area contributed by atoms with Gasteiger partial charge >= 0.3 is 5.97 Å². The van der Waals surface area contributed by atoms with E-state index in [-0.39, 0.29) is 0 Å². The fourth-order valence-corrected chi connectivity index (χ4v) is 2.54. The molecule has 1 aromatic carbocycles. The summed E-state index contributed by atoms with van der Waals surface area (Å²) < 4.78 is 0. The number of rotatable bonds is 2. The summed E-state index contributed by atoms with van der Waals surface area (Å²) in [6.45, 7) is 3.88. The van der Waals surface area contributed by atoms with Crippen LogP contribution >= 0.6 is 11.3 Å². The van der Waals surface area contributed by atoms with Crippen molar-refractivity contribution in [2.24, 2.45) is 0 Å². The molecule has 0 atom stereocenters. The third-order valence-electron chi connectivity index (χ3n) is 2.47. The van der Waals surface area contributed by atoms with Gasteiger partial charge in [0.15, 0.2) is 0 Å². The second-order valence-electron chi connectivity index (χ2n) is 3.82. The summed E-state index contributed by atoms with van der Waals surface area (Å²) in [4.78, 5) is 12.1. The number of carboxylic acid groups (broad SMARTS) is 1. The summed E-state index contributed by atoms with van der Waals surface area (Å²) in [5.74, 6) is -0.869. The molecular weight excluding hydrogens is 220 g/mol. The minimum Gasteiger partial charge on any atom is -0.478 e. The molecule has 0 aliphatic carbocycles. The highest BCUT2D eigenvalue weighted by Gasteiger charge is 2.08. The zero-order chi connectivity index (χ0) is 11.7. The molecule has 0 radical (unpaired) electrons. The first-order chi connectivity index (χ1) is 7.58. The average Bonchev–Trinajstić information content (AvgIpc) is 2.64. The SMILES string of the molecule is Cc1csc(-c2ccc(C(=O)O)c(C)c2)c1. The lowest BCUT2D eigenvalue weighted by Crippen LogP contribution is -1.99. The van der Waals surface area contributed by atoms with Gasteiger partial charge in [-0.1, -0.05) is 6.07 Å². The van der Waals surface area contributed by atoms with E-state index in [9.17, 15) is 4.79 Å². The highest BCUT2D eigenvalue weighted by atomic mass is 32.1. The Morgan fingerprint density at radius 3 is 2.50 bits per heavy atom. The van der Waals surface area contributed by atoms with E-state index in [1.807, 2.05) is 19.1 Å². The van der Waals surface area contributed by atoms with Gasteiger partial charge in [-0.25, -0.2) is 4.79 Å². The topological polar surface area (TPSA) is 37.3 Å². The predicted octanol–water partition coefficient (Wildman–Crippen LogP) is 3.73. The number of hydrogen-bond acceptors (Lipinski definition) is 2. The zero-order valence-corrected chi connectivity index (χ0v) is 9.97. The largest absolute Gasteiger partial charge is 0.478 e. The van der Waals surface area contributed by atoms with Crippen LogP contribution in [0.4, 0.5) is 0 Å². The summed E-state index contributed by atoms with van der Waals surface area (Å²) in [6.07, 6.45) is 0. The van der Waals surface area contributed by atoms with Gasteiger partial charge in [0.25, 0.3) is 0 Å². The quantitative estimate of drug-likeness (QED) is 0.856. The van der Waals surface area contributed by atoms with Crippen LogP contribution in [0.3, 0.4) is 0 Å². The van der Waals surface area contributed by atoms with Crippen molar-refractivity contribution >= 4 is 17.3 Å². The van der Waals surface area contributed by atoms with E-state index in [4.69, 9.17) is 5.11 Å². The van der Waals surface area contributed by atoms with Gasteiger partial charge in [0.1, 0.15) is 0 Å². The third-order valence-corrected chi connectivity index (χ3v) is 3.57. The molecule has 3 heteroatoms. The molecule has 2 nitrogen and oxygen atoms in total. The van der Waals surface area contributed by atoms with Crippen LogP contribution in [0.5, 0.6) is 0 Å². The Balaban J connectivity index is 2.45. The first kappa shape index (κ1) is 10.9. The molecular formula is C13H12O2S. The molecule has 0 saturated heterocycles. The molecule has 82 valence electrons. The number of hydrogen-bond donors (Lipinski definition) is 1. The summed E-state index contributed by atoms with van der Waals surface area (Å²) in [6, 6.07) is 7.57. The van der Waals surface area contributed by atoms with Gasteiger partial charge in [-0.2, -0.15) is 0 Å². The number of carboxylic acids is 1. The fourth-order valence-electron chi connectivity index (χ4n) is 1.64. The summed E-state index contributed by atoms with van der Waals surface area (Å²) >= 11 is 1.68. The van der Waals surface area contributed by atoms with Crippen molar-refractivity contribution < 1.29 is 9.90 Å².